The van der Waals surface area contributed by atoms with Crippen LogP contribution in [0.3, 0.4) is 0 Å². The molecule has 0 spiro atoms. The summed E-state index contributed by atoms with van der Waals surface area (Å²) in [5.41, 5.74) is 1.72. The number of imidazole rings is 1. The van der Waals surface area contributed by atoms with E-state index in [1.807, 2.05) is 37.3 Å². The molecule has 0 amide bonds. The van der Waals surface area contributed by atoms with Crippen molar-refractivity contribution in [3.05, 3.63) is 83.2 Å². The zero-order valence-electron chi connectivity index (χ0n) is 18.0. The number of fused-ring (bicyclic) bond motifs is 2. The lowest BCUT2D eigenvalue weighted by Gasteiger charge is -2.28. The van der Waals surface area contributed by atoms with Crippen molar-refractivity contribution in [1.29, 1.82) is 0 Å². The Balaban J connectivity index is 1.71. The van der Waals surface area contributed by atoms with Crippen LogP contribution in [-0.2, 0) is 0 Å². The van der Waals surface area contributed by atoms with E-state index in [0.717, 1.165) is 5.69 Å². The third kappa shape index (κ3) is 3.55. The molecule has 3 heterocycles. The van der Waals surface area contributed by atoms with Gasteiger partial charge in [0.25, 0.3) is 5.56 Å². The monoisotopic (exact) mass is 444 g/mol. The minimum absolute atomic E-state index is 0.0596. The summed E-state index contributed by atoms with van der Waals surface area (Å²) in [6, 6.07) is 13.4. The molecule has 0 radical (unpaired) electrons. The molecule has 2 N–H and O–H groups in total. The van der Waals surface area contributed by atoms with Crippen molar-refractivity contribution in [1.82, 2.24) is 29.6 Å². The van der Waals surface area contributed by atoms with Crippen molar-refractivity contribution < 1.29 is 4.39 Å². The van der Waals surface area contributed by atoms with Crippen LogP contribution in [0.4, 0.5) is 15.9 Å². The van der Waals surface area contributed by atoms with Gasteiger partial charge in [-0.25, -0.2) is 29.0 Å². The number of nitrogens with zero attached hydrogens (tertiary/aromatic N) is 6. The molecule has 2 aromatic carbocycles. The molecule has 166 valence electrons. The molecule has 0 aliphatic carbocycles. The molecule has 1 atom stereocenters. The summed E-state index contributed by atoms with van der Waals surface area (Å²) in [5, 5.41) is 4.96. The van der Waals surface area contributed by atoms with E-state index in [9.17, 15) is 9.18 Å². The highest BCUT2D eigenvalue weighted by Gasteiger charge is 2.24. The minimum atomic E-state index is -0.609. The van der Waals surface area contributed by atoms with Gasteiger partial charge in [-0.3, -0.25) is 9.80 Å². The molecule has 5 rings (SSSR count). The molecular weight excluding hydrogens is 423 g/mol. The molecule has 9 nitrogen and oxygen atoms in total. The zero-order chi connectivity index (χ0) is 22.9. The van der Waals surface area contributed by atoms with Crippen LogP contribution in [0.5, 0.6) is 0 Å². The molecule has 0 saturated carbocycles. The van der Waals surface area contributed by atoms with E-state index in [0.29, 0.717) is 34.7 Å². The molecule has 0 saturated heterocycles. The largest absolute Gasteiger partial charge is 0.358 e. The Morgan fingerprint density at radius 3 is 2.73 bits per heavy atom. The number of nitrogens with one attached hydrogen (secondary N) is 2. The smallest absolute Gasteiger partial charge is 0.283 e. The average Bonchev–Trinajstić information content (AvgIpc) is 3.32. The first kappa shape index (κ1) is 20.6. The first-order valence-electron chi connectivity index (χ1n) is 10.5. The summed E-state index contributed by atoms with van der Waals surface area (Å²) < 4.78 is 16.1. The number of H-pyrrole nitrogens is 1. The van der Waals surface area contributed by atoms with Crippen molar-refractivity contribution in [2.75, 3.05) is 17.4 Å². The van der Waals surface area contributed by atoms with Crippen LogP contribution < -0.4 is 15.9 Å². The second-order valence-electron chi connectivity index (χ2n) is 7.51. The number of benzene rings is 2. The van der Waals surface area contributed by atoms with E-state index in [-0.39, 0.29) is 5.39 Å². The summed E-state index contributed by atoms with van der Waals surface area (Å²) >= 11 is 0. The van der Waals surface area contributed by atoms with Gasteiger partial charge in [-0.1, -0.05) is 31.2 Å². The topological polar surface area (TPSA) is 105 Å². The highest BCUT2D eigenvalue weighted by atomic mass is 19.1. The fraction of sp³-hybridized carbons (Fsp3) is 0.174. The molecule has 0 aliphatic heterocycles. The summed E-state index contributed by atoms with van der Waals surface area (Å²) in [4.78, 5) is 34.1. The molecule has 5 aromatic rings. The number of hydrogen-bond donors (Lipinski definition) is 2. The Hall–Kier alpha value is -4.34. The number of para-hydroxylation sites is 1. The zero-order valence-corrected chi connectivity index (χ0v) is 18.0. The van der Waals surface area contributed by atoms with E-state index in [1.54, 1.807) is 30.5 Å². The van der Waals surface area contributed by atoms with Gasteiger partial charge in [0.15, 0.2) is 17.3 Å². The first-order valence-corrected chi connectivity index (χ1v) is 10.5. The van der Waals surface area contributed by atoms with E-state index in [1.165, 1.54) is 17.1 Å². The number of aromatic amines is 1. The SMILES string of the molecule is CC[C@H](Nc1ncnc2[nH]cnc12)c1nc2cccc(F)c2c(=O)n1N(C)c1ccccc1. The van der Waals surface area contributed by atoms with E-state index in [2.05, 4.69) is 25.3 Å². The van der Waals surface area contributed by atoms with Gasteiger partial charge in [0.2, 0.25) is 0 Å². The molecule has 0 bridgehead atoms. The number of halogens is 1. The van der Waals surface area contributed by atoms with Crippen LogP contribution in [0.25, 0.3) is 22.1 Å². The second-order valence-corrected chi connectivity index (χ2v) is 7.51. The van der Waals surface area contributed by atoms with Gasteiger partial charge in [-0.15, -0.1) is 0 Å². The lowest BCUT2D eigenvalue weighted by molar-refractivity contribution is 0.588. The molecule has 0 unspecified atom stereocenters. The fourth-order valence-electron chi connectivity index (χ4n) is 3.86. The van der Waals surface area contributed by atoms with Gasteiger partial charge in [0, 0.05) is 7.05 Å². The summed E-state index contributed by atoms with van der Waals surface area (Å²) in [6.45, 7) is 1.97. The van der Waals surface area contributed by atoms with Crippen molar-refractivity contribution in [2.24, 2.45) is 0 Å². The Kier molecular flexibility index (Phi) is 5.17. The third-order valence-electron chi connectivity index (χ3n) is 5.53. The molecule has 10 heteroatoms. The molecule has 0 aliphatic rings. The number of rotatable bonds is 6. The molecule has 33 heavy (non-hydrogen) atoms. The van der Waals surface area contributed by atoms with E-state index >= 15 is 0 Å². The number of hydrogen-bond acceptors (Lipinski definition) is 7. The summed E-state index contributed by atoms with van der Waals surface area (Å²) in [6.07, 6.45) is 3.55. The Labute approximate surface area is 187 Å². The van der Waals surface area contributed by atoms with Gasteiger partial charge in [-0.2, -0.15) is 0 Å². The van der Waals surface area contributed by atoms with Gasteiger partial charge < -0.3 is 10.3 Å². The third-order valence-corrected chi connectivity index (χ3v) is 5.53. The van der Waals surface area contributed by atoms with Gasteiger partial charge in [0.05, 0.1) is 23.6 Å². The first-order chi connectivity index (χ1) is 16.1. The summed E-state index contributed by atoms with van der Waals surface area (Å²) in [5.74, 6) is 0.326. The maximum absolute atomic E-state index is 14.7. The molecular formula is C23H21FN8O. The minimum Gasteiger partial charge on any atom is -0.358 e. The maximum Gasteiger partial charge on any atom is 0.283 e. The number of anilines is 2. The van der Waals surface area contributed by atoms with Crippen molar-refractivity contribution in [3.63, 3.8) is 0 Å². The van der Waals surface area contributed by atoms with E-state index < -0.39 is 17.4 Å². The van der Waals surface area contributed by atoms with Gasteiger partial charge in [-0.05, 0) is 30.7 Å². The van der Waals surface area contributed by atoms with Crippen molar-refractivity contribution in [3.8, 4) is 0 Å². The number of aromatic nitrogens is 6. The molecule has 3 aromatic heterocycles. The van der Waals surface area contributed by atoms with Gasteiger partial charge in [0.1, 0.15) is 23.0 Å². The highest BCUT2D eigenvalue weighted by molar-refractivity contribution is 5.82. The summed E-state index contributed by atoms with van der Waals surface area (Å²) in [7, 11) is 1.75. The second kappa shape index (κ2) is 8.30. The van der Waals surface area contributed by atoms with Crippen molar-refractivity contribution >= 4 is 33.6 Å². The lowest BCUT2D eigenvalue weighted by atomic mass is 10.1. The van der Waals surface area contributed by atoms with Crippen LogP contribution in [-0.4, -0.2) is 36.6 Å². The maximum atomic E-state index is 14.7. The Morgan fingerprint density at radius 1 is 1.12 bits per heavy atom. The van der Waals surface area contributed by atoms with E-state index in [4.69, 9.17) is 4.98 Å². The average molecular weight is 444 g/mol. The Morgan fingerprint density at radius 2 is 1.94 bits per heavy atom. The van der Waals surface area contributed by atoms with Crippen molar-refractivity contribution in [2.45, 2.75) is 19.4 Å². The van der Waals surface area contributed by atoms with Crippen LogP contribution in [0.15, 0.2) is 66.0 Å². The highest BCUT2D eigenvalue weighted by Crippen LogP contribution is 2.26. The van der Waals surface area contributed by atoms with Gasteiger partial charge >= 0.3 is 0 Å². The van der Waals surface area contributed by atoms with Crippen LogP contribution in [0.2, 0.25) is 0 Å². The Bertz CT molecular complexity index is 1500. The normalized spacial score (nSPS) is 12.2. The van der Waals surface area contributed by atoms with Crippen LogP contribution in [0, 0.1) is 5.82 Å². The van der Waals surface area contributed by atoms with Crippen LogP contribution in [0.1, 0.15) is 25.2 Å². The lowest BCUT2D eigenvalue weighted by Crippen LogP contribution is -2.40. The standard InChI is InChI=1S/C23H21FN8O/c1-3-16(29-21-19-20(26-12-25-19)27-13-28-21)22-30-17-11-7-10-15(24)18(17)23(33)32(22)31(2)14-8-5-4-6-9-14/h4-13,16H,3H2,1-2H3,(H2,25,26,27,28,29)/t16-/m0/s1. The predicted octanol–water partition coefficient (Wildman–Crippen LogP) is 3.66. The predicted molar refractivity (Wildman–Crippen MR) is 125 cm³/mol. The quantitative estimate of drug-likeness (QED) is 0.412. The van der Waals surface area contributed by atoms with Crippen LogP contribution >= 0.6 is 0 Å². The molecule has 0 fully saturated rings. The fourth-order valence-corrected chi connectivity index (χ4v) is 3.86.